The van der Waals surface area contributed by atoms with Crippen molar-refractivity contribution in [2.45, 2.75) is 46.2 Å². The van der Waals surface area contributed by atoms with Gasteiger partial charge in [0.1, 0.15) is 11.1 Å². The van der Waals surface area contributed by atoms with Crippen LogP contribution in [-0.2, 0) is 0 Å². The highest BCUT2D eigenvalue weighted by Crippen LogP contribution is 2.57. The van der Waals surface area contributed by atoms with E-state index >= 15 is 0 Å². The van der Waals surface area contributed by atoms with Gasteiger partial charge in [-0.15, -0.1) is 0 Å². The molecule has 1 aliphatic carbocycles. The van der Waals surface area contributed by atoms with E-state index in [0.717, 1.165) is 5.57 Å². The zero-order chi connectivity index (χ0) is 15.4. The van der Waals surface area contributed by atoms with Gasteiger partial charge in [-0.25, -0.2) is 4.99 Å². The smallest absolute Gasteiger partial charge is 0.397 e. The second kappa shape index (κ2) is 6.17. The minimum Gasteiger partial charge on any atom is -0.397 e. The van der Waals surface area contributed by atoms with Crippen LogP contribution in [-0.4, -0.2) is 11.9 Å². The number of aliphatic imine (C=N–C) groups is 1. The van der Waals surface area contributed by atoms with Gasteiger partial charge in [0.05, 0.1) is 5.70 Å². The molecule has 2 nitrogen and oxygen atoms in total. The van der Waals surface area contributed by atoms with Gasteiger partial charge < -0.3 is 5.73 Å². The Morgan fingerprint density at radius 1 is 1.35 bits per heavy atom. The Hall–Kier alpha value is -1.70. The predicted molar refractivity (Wildman–Crippen MR) is 74.9 cm³/mol. The van der Waals surface area contributed by atoms with Gasteiger partial charge in [-0.1, -0.05) is 24.5 Å². The first kappa shape index (κ1) is 16.4. The molecule has 0 saturated heterocycles. The molecule has 0 heterocycles. The SMILES string of the molecule is CC/C=C(\N)C(C#CC1(C(F)(F)F)CC1)=NC=C(C)C. The molecule has 0 atom stereocenters. The van der Waals surface area contributed by atoms with E-state index in [1.54, 1.807) is 12.3 Å². The lowest BCUT2D eigenvalue weighted by Crippen LogP contribution is -2.23. The highest BCUT2D eigenvalue weighted by Gasteiger charge is 2.62. The number of nitrogens with zero attached hydrogens (tertiary/aromatic N) is 1. The molecule has 2 N–H and O–H groups in total. The summed E-state index contributed by atoms with van der Waals surface area (Å²) >= 11 is 0. The Morgan fingerprint density at radius 3 is 2.35 bits per heavy atom. The molecule has 0 unspecified atom stereocenters. The lowest BCUT2D eigenvalue weighted by Gasteiger charge is -2.11. The quantitative estimate of drug-likeness (QED) is 0.618. The second-order valence-electron chi connectivity index (χ2n) is 5.08. The van der Waals surface area contributed by atoms with Crippen LogP contribution in [0.1, 0.15) is 40.0 Å². The third-order valence-corrected chi connectivity index (χ3v) is 2.86. The molecule has 1 fully saturated rings. The van der Waals surface area contributed by atoms with Crippen LogP contribution in [0.25, 0.3) is 0 Å². The lowest BCUT2D eigenvalue weighted by molar-refractivity contribution is -0.168. The number of allylic oxidation sites excluding steroid dienone is 3. The van der Waals surface area contributed by atoms with E-state index < -0.39 is 11.6 Å². The summed E-state index contributed by atoms with van der Waals surface area (Å²) in [5.41, 5.74) is 5.37. The molecule has 0 aliphatic heterocycles. The maximum atomic E-state index is 12.8. The number of nitrogens with two attached hydrogens (primary N) is 1. The van der Waals surface area contributed by atoms with Crippen LogP contribution >= 0.6 is 0 Å². The molecule has 5 heteroatoms. The van der Waals surface area contributed by atoms with Crippen molar-refractivity contribution in [1.82, 2.24) is 0 Å². The van der Waals surface area contributed by atoms with E-state index in [0.29, 0.717) is 12.1 Å². The van der Waals surface area contributed by atoms with E-state index in [2.05, 4.69) is 16.8 Å². The maximum Gasteiger partial charge on any atom is 0.405 e. The topological polar surface area (TPSA) is 38.4 Å². The van der Waals surface area contributed by atoms with E-state index in [4.69, 9.17) is 5.73 Å². The number of halogens is 3. The molecule has 1 rings (SSSR count). The number of rotatable bonds is 3. The van der Waals surface area contributed by atoms with Gasteiger partial charge >= 0.3 is 6.18 Å². The summed E-state index contributed by atoms with van der Waals surface area (Å²) in [6.45, 7) is 5.57. The summed E-state index contributed by atoms with van der Waals surface area (Å²) in [6.07, 6.45) is -0.267. The number of hydrogen-bond donors (Lipinski definition) is 1. The number of alkyl halides is 3. The Kier molecular flexibility index (Phi) is 5.04. The van der Waals surface area contributed by atoms with Crippen LogP contribution in [0.4, 0.5) is 13.2 Å². The standard InChI is InChI=1S/C15H19F3N2/c1-4-5-12(19)13(20-10-11(2)3)6-7-14(8-9-14)15(16,17)18/h5,10H,4,8-9,19H2,1-3H3/b12-5-,20-13?. The highest BCUT2D eigenvalue weighted by atomic mass is 19.4. The molecule has 0 radical (unpaired) electrons. The van der Waals surface area contributed by atoms with E-state index in [9.17, 15) is 13.2 Å². The summed E-state index contributed by atoms with van der Waals surface area (Å²) in [6, 6.07) is 0. The summed E-state index contributed by atoms with van der Waals surface area (Å²) in [5.74, 6) is 4.83. The van der Waals surface area contributed by atoms with Crippen LogP contribution in [0, 0.1) is 17.3 Å². The molecular formula is C15H19F3N2. The summed E-state index contributed by atoms with van der Waals surface area (Å²) < 4.78 is 38.4. The third-order valence-electron chi connectivity index (χ3n) is 2.86. The molecule has 0 amide bonds. The average Bonchev–Trinajstić information content (AvgIpc) is 3.09. The van der Waals surface area contributed by atoms with Gasteiger partial charge in [-0.2, -0.15) is 13.2 Å². The van der Waals surface area contributed by atoms with Crippen molar-refractivity contribution < 1.29 is 13.2 Å². The average molecular weight is 284 g/mol. The van der Waals surface area contributed by atoms with Crippen molar-refractivity contribution in [3.63, 3.8) is 0 Å². The molecule has 0 aromatic heterocycles. The van der Waals surface area contributed by atoms with E-state index in [1.165, 1.54) is 0 Å². The van der Waals surface area contributed by atoms with Crippen LogP contribution < -0.4 is 5.73 Å². The van der Waals surface area contributed by atoms with Gasteiger partial charge in [-0.3, -0.25) is 0 Å². The Bertz CT molecular complexity index is 505. The zero-order valence-corrected chi connectivity index (χ0v) is 11.9. The van der Waals surface area contributed by atoms with E-state index in [1.807, 2.05) is 20.8 Å². The summed E-state index contributed by atoms with van der Waals surface area (Å²) in [5, 5.41) is 0. The highest BCUT2D eigenvalue weighted by molar-refractivity contribution is 6.12. The summed E-state index contributed by atoms with van der Waals surface area (Å²) in [7, 11) is 0. The number of hydrogen-bond acceptors (Lipinski definition) is 2. The maximum absolute atomic E-state index is 12.8. The van der Waals surface area contributed by atoms with Crippen molar-refractivity contribution in [3.05, 3.63) is 23.5 Å². The zero-order valence-electron chi connectivity index (χ0n) is 11.9. The van der Waals surface area contributed by atoms with Gasteiger partial charge in [0.2, 0.25) is 0 Å². The predicted octanol–water partition coefficient (Wildman–Crippen LogP) is 3.95. The van der Waals surface area contributed by atoms with Gasteiger partial charge in [0, 0.05) is 6.20 Å². The Morgan fingerprint density at radius 2 is 1.95 bits per heavy atom. The Balaban J connectivity index is 3.08. The van der Waals surface area contributed by atoms with Gasteiger partial charge in [0.25, 0.3) is 0 Å². The summed E-state index contributed by atoms with van der Waals surface area (Å²) in [4.78, 5) is 4.08. The van der Waals surface area contributed by atoms with Gasteiger partial charge in [-0.05, 0) is 39.0 Å². The fourth-order valence-electron chi connectivity index (χ4n) is 1.47. The fourth-order valence-corrected chi connectivity index (χ4v) is 1.47. The van der Waals surface area contributed by atoms with Crippen molar-refractivity contribution in [2.75, 3.05) is 0 Å². The van der Waals surface area contributed by atoms with Crippen LogP contribution in [0.2, 0.25) is 0 Å². The lowest BCUT2D eigenvalue weighted by atomic mass is 10.1. The van der Waals surface area contributed by atoms with Crippen molar-refractivity contribution in [2.24, 2.45) is 16.1 Å². The van der Waals surface area contributed by atoms with Crippen LogP contribution in [0.3, 0.4) is 0 Å². The largest absolute Gasteiger partial charge is 0.405 e. The minimum absolute atomic E-state index is 0.0524. The molecule has 0 spiro atoms. The van der Waals surface area contributed by atoms with Crippen LogP contribution in [0.5, 0.6) is 0 Å². The minimum atomic E-state index is -4.29. The molecule has 1 aliphatic rings. The molecular weight excluding hydrogens is 265 g/mol. The second-order valence-corrected chi connectivity index (χ2v) is 5.08. The van der Waals surface area contributed by atoms with Crippen molar-refractivity contribution >= 4 is 5.71 Å². The van der Waals surface area contributed by atoms with Gasteiger partial charge in [0.15, 0.2) is 0 Å². The van der Waals surface area contributed by atoms with Crippen molar-refractivity contribution in [1.29, 1.82) is 0 Å². The first-order chi connectivity index (χ1) is 9.22. The van der Waals surface area contributed by atoms with E-state index in [-0.39, 0.29) is 18.6 Å². The molecule has 1 saturated carbocycles. The molecule has 0 aromatic carbocycles. The van der Waals surface area contributed by atoms with Crippen LogP contribution in [0.15, 0.2) is 28.5 Å². The third kappa shape index (κ3) is 4.16. The molecule has 0 bridgehead atoms. The molecule has 110 valence electrons. The normalized spacial score (nSPS) is 18.1. The molecule has 20 heavy (non-hydrogen) atoms. The Labute approximate surface area is 117 Å². The van der Waals surface area contributed by atoms with Crippen molar-refractivity contribution in [3.8, 4) is 11.8 Å². The molecule has 0 aromatic rings. The first-order valence-corrected chi connectivity index (χ1v) is 6.49. The first-order valence-electron chi connectivity index (χ1n) is 6.49. The monoisotopic (exact) mass is 284 g/mol. The fraction of sp³-hybridized carbons (Fsp3) is 0.533.